The highest BCUT2D eigenvalue weighted by Gasteiger charge is 2.19. The normalized spacial score (nSPS) is 15.4. The molecular formula is C10H18N2OS. The van der Waals surface area contributed by atoms with Crippen molar-refractivity contribution < 1.29 is 4.74 Å². The van der Waals surface area contributed by atoms with Crippen molar-refractivity contribution in [2.24, 2.45) is 5.92 Å². The minimum atomic E-state index is 0.300. The fourth-order valence-electron chi connectivity index (χ4n) is 1.53. The van der Waals surface area contributed by atoms with E-state index < -0.39 is 0 Å². The minimum absolute atomic E-state index is 0.300. The number of aryl methyl sites for hydroxylation is 1. The minimum Gasteiger partial charge on any atom is -0.384 e. The molecule has 0 bridgehead atoms. The van der Waals surface area contributed by atoms with Crippen LogP contribution in [0.4, 0.5) is 0 Å². The van der Waals surface area contributed by atoms with Gasteiger partial charge >= 0.3 is 0 Å². The van der Waals surface area contributed by atoms with Crippen LogP contribution in [0.1, 0.15) is 23.7 Å². The van der Waals surface area contributed by atoms with Crippen LogP contribution in [0.5, 0.6) is 0 Å². The molecule has 2 atom stereocenters. The van der Waals surface area contributed by atoms with Gasteiger partial charge in [0.2, 0.25) is 0 Å². The van der Waals surface area contributed by atoms with Gasteiger partial charge in [0.25, 0.3) is 0 Å². The van der Waals surface area contributed by atoms with Crippen molar-refractivity contribution in [1.82, 2.24) is 10.3 Å². The number of nitrogens with zero attached hydrogens (tertiary/aromatic N) is 1. The van der Waals surface area contributed by atoms with Gasteiger partial charge in [-0.2, -0.15) is 0 Å². The number of hydrogen-bond donors (Lipinski definition) is 1. The van der Waals surface area contributed by atoms with Gasteiger partial charge in [0, 0.05) is 24.1 Å². The van der Waals surface area contributed by atoms with Crippen molar-refractivity contribution in [1.29, 1.82) is 0 Å². The average Bonchev–Trinajstić information content (AvgIpc) is 2.54. The van der Waals surface area contributed by atoms with Crippen LogP contribution in [-0.2, 0) is 4.74 Å². The summed E-state index contributed by atoms with van der Waals surface area (Å²) in [5.74, 6) is 0.440. The van der Waals surface area contributed by atoms with E-state index in [4.69, 9.17) is 4.74 Å². The van der Waals surface area contributed by atoms with Crippen LogP contribution in [0.15, 0.2) is 5.38 Å². The molecule has 14 heavy (non-hydrogen) atoms. The zero-order valence-electron chi connectivity index (χ0n) is 9.20. The summed E-state index contributed by atoms with van der Waals surface area (Å²) in [5, 5.41) is 6.51. The zero-order chi connectivity index (χ0) is 10.6. The molecule has 1 aromatic heterocycles. The Morgan fingerprint density at radius 1 is 1.64 bits per heavy atom. The average molecular weight is 214 g/mol. The molecule has 0 saturated carbocycles. The molecule has 80 valence electrons. The number of hydrogen-bond acceptors (Lipinski definition) is 4. The lowest BCUT2D eigenvalue weighted by atomic mass is 10.0. The summed E-state index contributed by atoms with van der Waals surface area (Å²) in [6.07, 6.45) is 0. The molecule has 1 heterocycles. The van der Waals surface area contributed by atoms with Gasteiger partial charge in [-0.3, -0.25) is 0 Å². The molecule has 3 nitrogen and oxygen atoms in total. The second kappa shape index (κ2) is 5.44. The van der Waals surface area contributed by atoms with E-state index in [2.05, 4.69) is 22.6 Å². The first-order chi connectivity index (χ1) is 6.69. The maximum absolute atomic E-state index is 5.15. The van der Waals surface area contributed by atoms with Gasteiger partial charge in [0.05, 0.1) is 12.6 Å². The molecule has 2 unspecified atom stereocenters. The van der Waals surface area contributed by atoms with E-state index in [0.29, 0.717) is 12.0 Å². The zero-order valence-corrected chi connectivity index (χ0v) is 10.0. The lowest BCUT2D eigenvalue weighted by Crippen LogP contribution is -2.26. The lowest BCUT2D eigenvalue weighted by molar-refractivity contribution is 0.141. The molecule has 0 aliphatic rings. The van der Waals surface area contributed by atoms with Crippen LogP contribution in [0.25, 0.3) is 0 Å². The van der Waals surface area contributed by atoms with Crippen LogP contribution in [0, 0.1) is 12.8 Å². The Kier molecular flexibility index (Phi) is 4.51. The van der Waals surface area contributed by atoms with Gasteiger partial charge in [-0.1, -0.05) is 6.92 Å². The summed E-state index contributed by atoms with van der Waals surface area (Å²) in [6, 6.07) is 0.300. The number of rotatable bonds is 5. The quantitative estimate of drug-likeness (QED) is 0.814. The molecule has 0 aliphatic heterocycles. The van der Waals surface area contributed by atoms with E-state index in [9.17, 15) is 0 Å². The van der Waals surface area contributed by atoms with Crippen molar-refractivity contribution in [2.75, 3.05) is 20.8 Å². The van der Waals surface area contributed by atoms with E-state index >= 15 is 0 Å². The molecule has 0 saturated heterocycles. The highest BCUT2D eigenvalue weighted by atomic mass is 32.1. The first kappa shape index (κ1) is 11.6. The maximum atomic E-state index is 5.15. The summed E-state index contributed by atoms with van der Waals surface area (Å²) < 4.78 is 5.15. The van der Waals surface area contributed by atoms with Gasteiger partial charge < -0.3 is 10.1 Å². The fourth-order valence-corrected chi connectivity index (χ4v) is 2.56. The Labute approximate surface area is 89.5 Å². The molecule has 1 aromatic rings. The van der Waals surface area contributed by atoms with Gasteiger partial charge in [-0.25, -0.2) is 4.98 Å². The smallest absolute Gasteiger partial charge is 0.110 e. The molecule has 4 heteroatoms. The predicted molar refractivity (Wildman–Crippen MR) is 59.7 cm³/mol. The van der Waals surface area contributed by atoms with Crippen LogP contribution in [-0.4, -0.2) is 25.7 Å². The first-order valence-corrected chi connectivity index (χ1v) is 5.65. The van der Waals surface area contributed by atoms with Gasteiger partial charge in [-0.05, 0) is 14.0 Å². The second-order valence-corrected chi connectivity index (χ2v) is 4.42. The molecule has 0 fully saturated rings. The van der Waals surface area contributed by atoms with Crippen LogP contribution >= 0.6 is 11.3 Å². The van der Waals surface area contributed by atoms with Crippen LogP contribution < -0.4 is 5.32 Å². The topological polar surface area (TPSA) is 34.2 Å². The molecule has 0 aromatic carbocycles. The monoisotopic (exact) mass is 214 g/mol. The number of aromatic nitrogens is 1. The third-order valence-electron chi connectivity index (χ3n) is 2.21. The first-order valence-electron chi connectivity index (χ1n) is 4.77. The molecule has 0 radical (unpaired) electrons. The second-order valence-electron chi connectivity index (χ2n) is 3.53. The number of nitrogens with one attached hydrogen (secondary N) is 1. The van der Waals surface area contributed by atoms with Gasteiger partial charge in [0.15, 0.2) is 0 Å². The number of ether oxygens (including phenoxy) is 1. The highest BCUT2D eigenvalue weighted by molar-refractivity contribution is 7.09. The van der Waals surface area contributed by atoms with Crippen LogP contribution in [0.3, 0.4) is 0 Å². The third kappa shape index (κ3) is 2.77. The van der Waals surface area contributed by atoms with Crippen LogP contribution in [0.2, 0.25) is 0 Å². The van der Waals surface area contributed by atoms with Gasteiger partial charge in [-0.15, -0.1) is 11.3 Å². The number of methoxy groups -OCH3 is 1. The van der Waals surface area contributed by atoms with E-state index in [0.717, 1.165) is 17.3 Å². The van der Waals surface area contributed by atoms with Crippen molar-refractivity contribution in [3.8, 4) is 0 Å². The van der Waals surface area contributed by atoms with Crippen molar-refractivity contribution >= 4 is 11.3 Å². The molecule has 0 spiro atoms. The molecular weight excluding hydrogens is 196 g/mol. The Morgan fingerprint density at radius 2 is 2.36 bits per heavy atom. The Bertz CT molecular complexity index is 275. The standard InChI is InChI=1S/C10H18N2OS/c1-7(5-13-4)9(11-3)10-12-8(2)6-14-10/h6-7,9,11H,5H2,1-4H3. The predicted octanol–water partition coefficient (Wildman–Crippen LogP) is 1.99. The SMILES string of the molecule is CNC(c1nc(C)cs1)C(C)COC. The van der Waals surface area contributed by atoms with E-state index in [-0.39, 0.29) is 0 Å². The van der Waals surface area contributed by atoms with Crippen molar-refractivity contribution in [2.45, 2.75) is 19.9 Å². The summed E-state index contributed by atoms with van der Waals surface area (Å²) >= 11 is 1.71. The van der Waals surface area contributed by atoms with Gasteiger partial charge in [0.1, 0.15) is 5.01 Å². The molecule has 1 rings (SSSR count). The Balaban J connectivity index is 2.71. The third-order valence-corrected chi connectivity index (χ3v) is 3.26. The summed E-state index contributed by atoms with van der Waals surface area (Å²) in [5.41, 5.74) is 1.09. The van der Waals surface area contributed by atoms with E-state index in [1.54, 1.807) is 18.4 Å². The largest absolute Gasteiger partial charge is 0.384 e. The summed E-state index contributed by atoms with van der Waals surface area (Å²) in [6.45, 7) is 4.94. The summed E-state index contributed by atoms with van der Waals surface area (Å²) in [7, 11) is 3.70. The Hall–Kier alpha value is -0.450. The number of thiazole rings is 1. The van der Waals surface area contributed by atoms with Crippen molar-refractivity contribution in [3.63, 3.8) is 0 Å². The highest BCUT2D eigenvalue weighted by Crippen LogP contribution is 2.24. The van der Waals surface area contributed by atoms with E-state index in [1.165, 1.54) is 0 Å². The lowest BCUT2D eigenvalue weighted by Gasteiger charge is -2.20. The molecule has 0 aliphatic carbocycles. The molecule has 0 amide bonds. The van der Waals surface area contributed by atoms with Crippen molar-refractivity contribution in [3.05, 3.63) is 16.1 Å². The Morgan fingerprint density at radius 3 is 2.79 bits per heavy atom. The molecule has 1 N–H and O–H groups in total. The van der Waals surface area contributed by atoms with E-state index in [1.807, 2.05) is 14.0 Å². The summed E-state index contributed by atoms with van der Waals surface area (Å²) in [4.78, 5) is 4.49. The maximum Gasteiger partial charge on any atom is 0.110 e. The fraction of sp³-hybridized carbons (Fsp3) is 0.700.